The maximum absolute atomic E-state index is 12.5. The zero-order valence-electron chi connectivity index (χ0n) is 13.6. The Bertz CT molecular complexity index is 1030. The van der Waals surface area contributed by atoms with Gasteiger partial charge in [0.25, 0.3) is 5.56 Å². The molecule has 0 aliphatic rings. The number of hydrogen-bond donors (Lipinski definition) is 0. The number of halogens is 1. The van der Waals surface area contributed by atoms with E-state index in [1.807, 2.05) is 31.2 Å². The molecule has 0 spiro atoms. The summed E-state index contributed by atoms with van der Waals surface area (Å²) < 4.78 is 9.57. The van der Waals surface area contributed by atoms with E-state index in [-0.39, 0.29) is 16.4 Å². The van der Waals surface area contributed by atoms with E-state index < -0.39 is 11.2 Å². The lowest BCUT2D eigenvalue weighted by Crippen LogP contribution is -2.37. The van der Waals surface area contributed by atoms with Gasteiger partial charge in [0.05, 0.1) is 13.2 Å². The van der Waals surface area contributed by atoms with Crippen LogP contribution in [0.5, 0.6) is 5.75 Å². The van der Waals surface area contributed by atoms with Crippen LogP contribution in [-0.2, 0) is 20.6 Å². The first-order valence-electron chi connectivity index (χ1n) is 7.48. The van der Waals surface area contributed by atoms with Gasteiger partial charge in [0, 0.05) is 19.7 Å². The van der Waals surface area contributed by atoms with Gasteiger partial charge in [0.2, 0.25) is 5.28 Å². The summed E-state index contributed by atoms with van der Waals surface area (Å²) in [6, 6.07) is 7.53. The molecular weight excluding hydrogens is 332 g/mol. The number of benzene rings is 1. The average molecular weight is 349 g/mol. The summed E-state index contributed by atoms with van der Waals surface area (Å²) in [7, 11) is 3.00. The second-order valence-corrected chi connectivity index (χ2v) is 5.72. The largest absolute Gasteiger partial charge is 0.494 e. The van der Waals surface area contributed by atoms with Crippen LogP contribution in [-0.4, -0.2) is 25.3 Å². The molecule has 2 aromatic heterocycles. The van der Waals surface area contributed by atoms with E-state index in [0.29, 0.717) is 13.2 Å². The minimum atomic E-state index is -0.441. The first-order valence-corrected chi connectivity index (χ1v) is 7.86. The summed E-state index contributed by atoms with van der Waals surface area (Å²) in [5.74, 6) is 0.722. The number of fused-ring (bicyclic) bond motifs is 1. The first kappa shape index (κ1) is 16.3. The van der Waals surface area contributed by atoms with Crippen molar-refractivity contribution in [1.82, 2.24) is 18.7 Å². The maximum atomic E-state index is 12.5. The summed E-state index contributed by atoms with van der Waals surface area (Å²) in [6.07, 6.45) is 0. The summed E-state index contributed by atoms with van der Waals surface area (Å²) in [5.41, 5.74) is 0.555. The Balaban J connectivity index is 2.24. The van der Waals surface area contributed by atoms with Gasteiger partial charge in [-0.3, -0.25) is 13.9 Å². The highest BCUT2D eigenvalue weighted by Crippen LogP contribution is 2.23. The van der Waals surface area contributed by atoms with Crippen molar-refractivity contribution >= 4 is 22.8 Å². The zero-order valence-corrected chi connectivity index (χ0v) is 14.4. The fourth-order valence-electron chi connectivity index (χ4n) is 2.67. The Labute approximate surface area is 142 Å². The van der Waals surface area contributed by atoms with Gasteiger partial charge < -0.3 is 9.30 Å². The smallest absolute Gasteiger partial charge is 0.332 e. The molecule has 24 heavy (non-hydrogen) atoms. The molecule has 0 aliphatic heterocycles. The zero-order chi connectivity index (χ0) is 17.4. The molecule has 0 aliphatic carbocycles. The van der Waals surface area contributed by atoms with E-state index in [1.54, 1.807) is 11.6 Å². The number of nitrogens with zero attached hydrogens (tertiary/aromatic N) is 4. The van der Waals surface area contributed by atoms with E-state index in [9.17, 15) is 9.59 Å². The van der Waals surface area contributed by atoms with Crippen LogP contribution in [0, 0.1) is 0 Å². The molecule has 1 aromatic carbocycles. The molecule has 2 heterocycles. The van der Waals surface area contributed by atoms with Gasteiger partial charge >= 0.3 is 5.69 Å². The molecule has 0 unspecified atom stereocenters. The fraction of sp³-hybridized carbons (Fsp3) is 0.312. The predicted molar refractivity (Wildman–Crippen MR) is 91.9 cm³/mol. The molecular formula is C16H17ClN4O3. The number of aryl methyl sites for hydroxylation is 1. The van der Waals surface area contributed by atoms with Crippen molar-refractivity contribution in [2.45, 2.75) is 13.5 Å². The summed E-state index contributed by atoms with van der Waals surface area (Å²) in [5, 5.41) is 0.148. The number of hydrogen-bond acceptors (Lipinski definition) is 4. The third-order valence-electron chi connectivity index (χ3n) is 3.90. The van der Waals surface area contributed by atoms with Crippen molar-refractivity contribution in [1.29, 1.82) is 0 Å². The lowest BCUT2D eigenvalue weighted by molar-refractivity contribution is 0.336. The van der Waals surface area contributed by atoms with Gasteiger partial charge in [-0.2, -0.15) is 4.98 Å². The highest BCUT2D eigenvalue weighted by atomic mass is 35.5. The van der Waals surface area contributed by atoms with Crippen molar-refractivity contribution in [2.24, 2.45) is 14.1 Å². The maximum Gasteiger partial charge on any atom is 0.332 e. The lowest BCUT2D eigenvalue weighted by atomic mass is 10.2. The second kappa shape index (κ2) is 6.16. The minimum Gasteiger partial charge on any atom is -0.494 e. The van der Waals surface area contributed by atoms with Crippen molar-refractivity contribution < 1.29 is 4.74 Å². The highest BCUT2D eigenvalue weighted by molar-refractivity contribution is 6.29. The van der Waals surface area contributed by atoms with Gasteiger partial charge in [-0.15, -0.1) is 0 Å². The van der Waals surface area contributed by atoms with Gasteiger partial charge in [-0.25, -0.2) is 4.79 Å². The highest BCUT2D eigenvalue weighted by Gasteiger charge is 2.19. The van der Waals surface area contributed by atoms with E-state index in [0.717, 1.165) is 15.9 Å². The van der Waals surface area contributed by atoms with Crippen LogP contribution in [0.1, 0.15) is 12.5 Å². The SMILES string of the molecule is CCOc1ccccc1Cn1c(Cl)nc2c1c(=O)n(C)c(=O)n2C. The van der Waals surface area contributed by atoms with Crippen LogP contribution < -0.4 is 16.0 Å². The topological polar surface area (TPSA) is 71.1 Å². The second-order valence-electron chi connectivity index (χ2n) is 5.39. The van der Waals surface area contributed by atoms with Crippen molar-refractivity contribution in [3.63, 3.8) is 0 Å². The molecule has 0 amide bonds. The van der Waals surface area contributed by atoms with Crippen LogP contribution in [0.25, 0.3) is 11.2 Å². The number of para-hydroxylation sites is 1. The third kappa shape index (κ3) is 2.50. The Morgan fingerprint density at radius 1 is 1.17 bits per heavy atom. The monoisotopic (exact) mass is 348 g/mol. The van der Waals surface area contributed by atoms with Gasteiger partial charge in [-0.1, -0.05) is 18.2 Å². The number of imidazole rings is 1. The van der Waals surface area contributed by atoms with Crippen molar-refractivity contribution in [3.05, 3.63) is 56.0 Å². The van der Waals surface area contributed by atoms with Crippen LogP contribution in [0.15, 0.2) is 33.9 Å². The molecule has 0 saturated heterocycles. The van der Waals surface area contributed by atoms with E-state index in [2.05, 4.69) is 4.98 Å². The average Bonchev–Trinajstić information content (AvgIpc) is 2.90. The number of ether oxygens (including phenoxy) is 1. The predicted octanol–water partition coefficient (Wildman–Crippen LogP) is 1.53. The standard InChI is InChI=1S/C16H17ClN4O3/c1-4-24-11-8-6-5-7-10(11)9-21-12-13(18-15(21)17)19(2)16(23)20(3)14(12)22/h5-8H,4,9H2,1-3H3. The third-order valence-corrected chi connectivity index (χ3v) is 4.19. The Hall–Kier alpha value is -2.54. The molecule has 3 rings (SSSR count). The molecule has 0 N–H and O–H groups in total. The van der Waals surface area contributed by atoms with Crippen LogP contribution in [0.4, 0.5) is 0 Å². The van der Waals surface area contributed by atoms with E-state index in [4.69, 9.17) is 16.3 Å². The summed E-state index contributed by atoms with van der Waals surface area (Å²) in [6.45, 7) is 2.76. The lowest BCUT2D eigenvalue weighted by Gasteiger charge is -2.12. The molecule has 0 radical (unpaired) electrons. The first-order chi connectivity index (χ1) is 11.5. The molecule has 7 nitrogen and oxygen atoms in total. The molecule has 0 saturated carbocycles. The fourth-order valence-corrected chi connectivity index (χ4v) is 2.89. The summed E-state index contributed by atoms with van der Waals surface area (Å²) in [4.78, 5) is 28.8. The van der Waals surface area contributed by atoms with Crippen LogP contribution >= 0.6 is 11.6 Å². The Morgan fingerprint density at radius 3 is 2.58 bits per heavy atom. The van der Waals surface area contributed by atoms with Gasteiger partial charge in [0.15, 0.2) is 11.2 Å². The molecule has 0 fully saturated rings. The number of aromatic nitrogens is 4. The van der Waals surface area contributed by atoms with E-state index in [1.165, 1.54) is 11.6 Å². The van der Waals surface area contributed by atoms with E-state index >= 15 is 0 Å². The van der Waals surface area contributed by atoms with Gasteiger partial charge in [-0.05, 0) is 24.6 Å². The molecule has 8 heteroatoms. The molecule has 0 atom stereocenters. The van der Waals surface area contributed by atoms with Gasteiger partial charge in [0.1, 0.15) is 5.75 Å². The van der Waals surface area contributed by atoms with Crippen molar-refractivity contribution in [3.8, 4) is 5.75 Å². The normalized spacial score (nSPS) is 11.2. The van der Waals surface area contributed by atoms with Crippen molar-refractivity contribution in [2.75, 3.05) is 6.61 Å². The number of rotatable bonds is 4. The molecule has 0 bridgehead atoms. The van der Waals surface area contributed by atoms with Crippen LogP contribution in [0.2, 0.25) is 5.28 Å². The summed E-state index contributed by atoms with van der Waals surface area (Å²) >= 11 is 6.24. The van der Waals surface area contributed by atoms with Crippen LogP contribution in [0.3, 0.4) is 0 Å². The molecule has 3 aromatic rings. The Kier molecular flexibility index (Phi) is 4.19. The quantitative estimate of drug-likeness (QED) is 0.670. The molecule has 126 valence electrons. The minimum absolute atomic E-state index is 0.148. The Morgan fingerprint density at radius 2 is 1.88 bits per heavy atom.